The Morgan fingerprint density at radius 2 is 1.88 bits per heavy atom. The third kappa shape index (κ3) is 2.08. The van der Waals surface area contributed by atoms with Gasteiger partial charge in [0.15, 0.2) is 0 Å². The van der Waals surface area contributed by atoms with Crippen LogP contribution in [0.1, 0.15) is 5.56 Å². The summed E-state index contributed by atoms with van der Waals surface area (Å²) in [4.78, 5) is 24.0. The number of likely N-dealkylation sites (N-methyl/N-ethyl adjacent to an activating group) is 1. The number of urea groups is 1. The van der Waals surface area contributed by atoms with E-state index in [-0.39, 0.29) is 11.4 Å². The first-order chi connectivity index (χ1) is 8.09. The minimum atomic E-state index is -0.579. The molecule has 0 radical (unpaired) electrons. The van der Waals surface area contributed by atoms with Crippen LogP contribution in [-0.2, 0) is 4.79 Å². The van der Waals surface area contributed by atoms with Crippen LogP contribution in [0.4, 0.5) is 4.79 Å². The van der Waals surface area contributed by atoms with E-state index in [1.807, 2.05) is 30.3 Å². The number of hydrogen-bond donors (Lipinski definition) is 2. The van der Waals surface area contributed by atoms with E-state index in [9.17, 15) is 9.59 Å². The maximum Gasteiger partial charge on any atom is 0.329 e. The molecular weight excluding hydrogens is 218 g/mol. The Labute approximate surface area is 98.2 Å². The summed E-state index contributed by atoms with van der Waals surface area (Å²) in [5, 5.41) is 9.91. The van der Waals surface area contributed by atoms with Crippen molar-refractivity contribution >= 4 is 23.8 Å². The molecule has 2 N–H and O–H groups in total. The third-order valence-electron chi connectivity index (χ3n) is 2.45. The average molecular weight is 229 g/mol. The molecule has 1 fully saturated rings. The fraction of sp³-hybridized carbons (Fsp3) is 0.0833. The lowest BCUT2D eigenvalue weighted by molar-refractivity contribution is -0.123. The number of hydrogen-bond acceptors (Lipinski definition) is 3. The van der Waals surface area contributed by atoms with Gasteiger partial charge in [-0.3, -0.25) is 20.4 Å². The van der Waals surface area contributed by atoms with Crippen molar-refractivity contribution in [1.29, 1.82) is 5.41 Å². The number of amides is 3. The smallest absolute Gasteiger partial charge is 0.292 e. The van der Waals surface area contributed by atoms with Gasteiger partial charge in [-0.15, -0.1) is 0 Å². The first-order valence-electron chi connectivity index (χ1n) is 5.04. The van der Waals surface area contributed by atoms with Gasteiger partial charge < -0.3 is 0 Å². The lowest BCUT2D eigenvalue weighted by Crippen LogP contribution is -2.51. The fourth-order valence-electron chi connectivity index (χ4n) is 1.49. The van der Waals surface area contributed by atoms with Gasteiger partial charge in [0.1, 0.15) is 5.84 Å². The minimum Gasteiger partial charge on any atom is -0.292 e. The van der Waals surface area contributed by atoms with Gasteiger partial charge in [-0.25, -0.2) is 4.79 Å². The zero-order valence-corrected chi connectivity index (χ0v) is 9.23. The lowest BCUT2D eigenvalue weighted by Gasteiger charge is -2.24. The van der Waals surface area contributed by atoms with E-state index >= 15 is 0 Å². The van der Waals surface area contributed by atoms with E-state index in [0.29, 0.717) is 0 Å². The summed E-state index contributed by atoms with van der Waals surface area (Å²) < 4.78 is 0. The maximum absolute atomic E-state index is 11.8. The highest BCUT2D eigenvalue weighted by Crippen LogP contribution is 2.12. The van der Waals surface area contributed by atoms with Crippen molar-refractivity contribution in [3.63, 3.8) is 0 Å². The van der Waals surface area contributed by atoms with Gasteiger partial charge in [-0.05, 0) is 11.6 Å². The van der Waals surface area contributed by atoms with Gasteiger partial charge >= 0.3 is 6.03 Å². The van der Waals surface area contributed by atoms with Gasteiger partial charge in [0, 0.05) is 7.05 Å². The van der Waals surface area contributed by atoms with E-state index in [1.165, 1.54) is 7.05 Å². The van der Waals surface area contributed by atoms with Crippen LogP contribution in [0.25, 0.3) is 6.08 Å². The normalized spacial score (nSPS) is 18.5. The molecule has 2 rings (SSSR count). The molecule has 5 nitrogen and oxygen atoms in total. The second-order valence-corrected chi connectivity index (χ2v) is 3.64. The zero-order valence-electron chi connectivity index (χ0n) is 9.23. The molecule has 17 heavy (non-hydrogen) atoms. The van der Waals surface area contributed by atoms with Crippen molar-refractivity contribution in [1.82, 2.24) is 10.2 Å². The second kappa shape index (κ2) is 4.21. The summed E-state index contributed by atoms with van der Waals surface area (Å²) in [5.41, 5.74) is 0.989. The zero-order chi connectivity index (χ0) is 12.4. The SMILES string of the molecule is CN1C(=O)NC(=N)C(=Cc2ccccc2)C1=O. The van der Waals surface area contributed by atoms with E-state index < -0.39 is 11.9 Å². The van der Waals surface area contributed by atoms with Crippen LogP contribution in [0, 0.1) is 5.41 Å². The van der Waals surface area contributed by atoms with E-state index in [4.69, 9.17) is 5.41 Å². The van der Waals surface area contributed by atoms with E-state index in [1.54, 1.807) is 6.08 Å². The van der Waals surface area contributed by atoms with Gasteiger partial charge in [0.05, 0.1) is 5.57 Å². The summed E-state index contributed by atoms with van der Waals surface area (Å²) in [6, 6.07) is 8.61. The molecule has 0 atom stereocenters. The number of nitrogens with one attached hydrogen (secondary N) is 2. The lowest BCUT2D eigenvalue weighted by atomic mass is 10.1. The van der Waals surface area contributed by atoms with Crippen molar-refractivity contribution in [2.45, 2.75) is 0 Å². The van der Waals surface area contributed by atoms with Gasteiger partial charge in [-0.1, -0.05) is 30.3 Å². The number of imide groups is 1. The number of carbonyl (C=O) groups excluding carboxylic acids is 2. The van der Waals surface area contributed by atoms with Crippen molar-refractivity contribution in [3.8, 4) is 0 Å². The van der Waals surface area contributed by atoms with E-state index in [2.05, 4.69) is 5.32 Å². The molecule has 1 aromatic rings. The molecule has 0 aliphatic carbocycles. The number of benzene rings is 1. The predicted octanol–water partition coefficient (Wildman–Crippen LogP) is 1.23. The van der Waals surface area contributed by atoms with Gasteiger partial charge in [-0.2, -0.15) is 0 Å². The van der Waals surface area contributed by atoms with Crippen LogP contribution in [0.2, 0.25) is 0 Å². The topological polar surface area (TPSA) is 73.3 Å². The first-order valence-corrected chi connectivity index (χ1v) is 5.04. The largest absolute Gasteiger partial charge is 0.329 e. The Morgan fingerprint density at radius 3 is 2.53 bits per heavy atom. The summed E-state index contributed by atoms with van der Waals surface area (Å²) >= 11 is 0. The molecule has 0 bridgehead atoms. The maximum atomic E-state index is 11.8. The summed E-state index contributed by atoms with van der Waals surface area (Å²) in [6.45, 7) is 0. The molecule has 0 saturated carbocycles. The molecule has 86 valence electrons. The summed E-state index contributed by atoms with van der Waals surface area (Å²) in [5.74, 6) is -0.635. The standard InChI is InChI=1S/C12H11N3O2/c1-15-11(16)9(10(13)14-12(15)17)7-8-5-3-2-4-6-8/h2-7H,1H3,(H2,13,14,17). The monoisotopic (exact) mass is 229 g/mol. The number of rotatable bonds is 1. The molecule has 5 heteroatoms. The van der Waals surface area contributed by atoms with Crippen molar-refractivity contribution < 1.29 is 9.59 Å². The quantitative estimate of drug-likeness (QED) is 0.711. The molecule has 0 aromatic heterocycles. The average Bonchev–Trinajstić information content (AvgIpc) is 2.33. The van der Waals surface area contributed by atoms with Crippen LogP contribution >= 0.6 is 0 Å². The molecule has 1 aliphatic heterocycles. The Bertz CT molecular complexity index is 520. The Balaban J connectivity index is 2.38. The van der Waals surface area contributed by atoms with Crippen LogP contribution in [-0.4, -0.2) is 29.7 Å². The highest BCUT2D eigenvalue weighted by atomic mass is 16.2. The Hall–Kier alpha value is -2.43. The minimum absolute atomic E-state index is 0.165. The number of nitrogens with zero attached hydrogens (tertiary/aromatic N) is 1. The molecule has 1 aromatic carbocycles. The molecule has 0 unspecified atom stereocenters. The van der Waals surface area contributed by atoms with Crippen LogP contribution in [0.5, 0.6) is 0 Å². The van der Waals surface area contributed by atoms with Gasteiger partial charge in [0.25, 0.3) is 5.91 Å². The predicted molar refractivity (Wildman–Crippen MR) is 63.4 cm³/mol. The summed E-state index contributed by atoms with van der Waals surface area (Å²) in [7, 11) is 1.38. The highest BCUT2D eigenvalue weighted by Gasteiger charge is 2.30. The number of amidine groups is 1. The fourth-order valence-corrected chi connectivity index (χ4v) is 1.49. The molecule has 3 amide bonds. The van der Waals surface area contributed by atoms with Crippen molar-refractivity contribution in [3.05, 3.63) is 41.5 Å². The first kappa shape index (κ1) is 11.1. The molecule has 1 saturated heterocycles. The molecule has 1 aliphatic rings. The third-order valence-corrected chi connectivity index (χ3v) is 2.45. The van der Waals surface area contributed by atoms with Gasteiger partial charge in [0.2, 0.25) is 0 Å². The van der Waals surface area contributed by atoms with Crippen LogP contribution in [0.3, 0.4) is 0 Å². The van der Waals surface area contributed by atoms with Crippen molar-refractivity contribution in [2.75, 3.05) is 7.05 Å². The Morgan fingerprint density at radius 1 is 1.24 bits per heavy atom. The van der Waals surface area contributed by atoms with Crippen molar-refractivity contribution in [2.24, 2.45) is 0 Å². The Kier molecular flexibility index (Phi) is 2.74. The van der Waals surface area contributed by atoms with Crippen LogP contribution < -0.4 is 5.32 Å². The molecule has 0 spiro atoms. The van der Waals surface area contributed by atoms with Crippen LogP contribution in [0.15, 0.2) is 35.9 Å². The highest BCUT2D eigenvalue weighted by molar-refractivity contribution is 6.31. The van der Waals surface area contributed by atoms with E-state index in [0.717, 1.165) is 10.5 Å². The second-order valence-electron chi connectivity index (χ2n) is 3.64. The molecular formula is C12H11N3O2. The molecule has 1 heterocycles. The summed E-state index contributed by atoms with van der Waals surface area (Å²) in [6.07, 6.45) is 1.58. The number of carbonyl (C=O) groups is 2.